The van der Waals surface area contributed by atoms with E-state index >= 15 is 0 Å². The molecule has 1 atom stereocenters. The lowest BCUT2D eigenvalue weighted by Gasteiger charge is -2.10. The lowest BCUT2D eigenvalue weighted by molar-refractivity contribution is -0.145. The Bertz CT molecular complexity index is 797. The second kappa shape index (κ2) is 9.27. The maximum absolute atomic E-state index is 13.0. The van der Waals surface area contributed by atoms with Crippen molar-refractivity contribution in [2.24, 2.45) is 0 Å². The molecule has 4 nitrogen and oxygen atoms in total. The van der Waals surface area contributed by atoms with Gasteiger partial charge in [-0.15, -0.1) is 11.8 Å². The third-order valence-electron chi connectivity index (χ3n) is 5.09. The van der Waals surface area contributed by atoms with E-state index in [0.29, 0.717) is 30.8 Å². The molecule has 1 aliphatic rings. The number of carbonyl (C=O) groups excluding carboxylic acids is 2. The second-order valence-electron chi connectivity index (χ2n) is 6.90. The molecule has 0 fully saturated rings. The van der Waals surface area contributed by atoms with Crippen molar-refractivity contribution in [2.75, 3.05) is 12.9 Å². The van der Waals surface area contributed by atoms with Crippen molar-refractivity contribution in [1.29, 1.82) is 0 Å². The van der Waals surface area contributed by atoms with E-state index < -0.39 is 0 Å². The van der Waals surface area contributed by atoms with Gasteiger partial charge >= 0.3 is 5.97 Å². The number of nitrogens with zero attached hydrogens (tertiary/aromatic N) is 1. The monoisotopic (exact) mass is 385 g/mol. The number of hydrogen-bond acceptors (Lipinski definition) is 4. The third-order valence-corrected chi connectivity index (χ3v) is 5.84. The number of aromatic nitrogens is 1. The summed E-state index contributed by atoms with van der Waals surface area (Å²) in [5.74, 6) is -0.409. The zero-order chi connectivity index (χ0) is 19.2. The molecule has 1 unspecified atom stereocenters. The number of carbonyl (C=O) groups is 2. The highest BCUT2D eigenvalue weighted by molar-refractivity contribution is 7.98. The number of fused-ring (bicyclic) bond motifs is 1. The van der Waals surface area contributed by atoms with Crippen LogP contribution in [0, 0.1) is 0 Å². The largest absolute Gasteiger partial charge is 0.465 e. The zero-order valence-electron chi connectivity index (χ0n) is 16.1. The standard InChI is InChI=1S/C22H27NO3S/c1-3-4-5-9-14-26-22(25)17-12-13-23-18(17)15-19(27-2)20(23)21(24)16-10-7-6-8-11-16/h6-8,10-11,15,17H,3-5,9,12-14H2,1-2H3. The van der Waals surface area contributed by atoms with E-state index in [1.165, 1.54) is 12.8 Å². The average Bonchev–Trinajstić information content (AvgIpc) is 3.26. The third kappa shape index (κ3) is 4.29. The highest BCUT2D eigenvalue weighted by atomic mass is 32.2. The highest BCUT2D eigenvalue weighted by Gasteiger charge is 2.35. The quantitative estimate of drug-likeness (QED) is 0.262. The summed E-state index contributed by atoms with van der Waals surface area (Å²) in [5.41, 5.74) is 2.29. The van der Waals surface area contributed by atoms with Gasteiger partial charge in [0.05, 0.1) is 12.5 Å². The lowest BCUT2D eigenvalue weighted by atomic mass is 10.1. The van der Waals surface area contributed by atoms with Gasteiger partial charge in [-0.3, -0.25) is 9.59 Å². The van der Waals surface area contributed by atoms with Crippen LogP contribution in [0.1, 0.15) is 66.7 Å². The molecule has 0 bridgehead atoms. The Morgan fingerprint density at radius 1 is 1.19 bits per heavy atom. The molecule has 144 valence electrons. The summed E-state index contributed by atoms with van der Waals surface area (Å²) >= 11 is 1.55. The van der Waals surface area contributed by atoms with Crippen LogP contribution in [0.3, 0.4) is 0 Å². The van der Waals surface area contributed by atoms with Crippen molar-refractivity contribution < 1.29 is 14.3 Å². The fourth-order valence-electron chi connectivity index (χ4n) is 3.64. The Kier molecular flexibility index (Phi) is 6.78. The van der Waals surface area contributed by atoms with Gasteiger partial charge in [0.15, 0.2) is 0 Å². The Balaban J connectivity index is 1.76. The van der Waals surface area contributed by atoms with Crippen molar-refractivity contribution in [3.63, 3.8) is 0 Å². The van der Waals surface area contributed by atoms with Crippen LogP contribution < -0.4 is 0 Å². The first-order valence-electron chi connectivity index (χ1n) is 9.71. The van der Waals surface area contributed by atoms with Crippen molar-refractivity contribution in [1.82, 2.24) is 4.57 Å². The molecule has 0 radical (unpaired) electrons. The normalized spacial score (nSPS) is 15.6. The van der Waals surface area contributed by atoms with Crippen molar-refractivity contribution in [3.8, 4) is 0 Å². The van der Waals surface area contributed by atoms with Gasteiger partial charge < -0.3 is 9.30 Å². The first-order chi connectivity index (χ1) is 13.2. The molecular formula is C22H27NO3S. The zero-order valence-corrected chi connectivity index (χ0v) is 16.9. The molecule has 1 aromatic heterocycles. The summed E-state index contributed by atoms with van der Waals surface area (Å²) in [4.78, 5) is 26.5. The molecule has 27 heavy (non-hydrogen) atoms. The van der Waals surface area contributed by atoms with E-state index in [9.17, 15) is 9.59 Å². The van der Waals surface area contributed by atoms with Gasteiger partial charge in [-0.25, -0.2) is 0 Å². The fourth-order valence-corrected chi connectivity index (χ4v) is 4.27. The molecule has 0 N–H and O–H groups in total. The predicted octanol–water partition coefficient (Wildman–Crippen LogP) is 5.05. The number of thioether (sulfide) groups is 1. The minimum atomic E-state index is -0.264. The van der Waals surface area contributed by atoms with Crippen LogP contribution >= 0.6 is 11.8 Å². The van der Waals surface area contributed by atoms with E-state index in [1.54, 1.807) is 11.8 Å². The van der Waals surface area contributed by atoms with Gasteiger partial charge in [0.25, 0.3) is 0 Å². The smallest absolute Gasteiger partial charge is 0.315 e. The van der Waals surface area contributed by atoms with Crippen LogP contribution in [0.15, 0.2) is 41.3 Å². The van der Waals surface area contributed by atoms with Crippen molar-refractivity contribution in [2.45, 2.75) is 56.4 Å². The van der Waals surface area contributed by atoms with E-state index in [2.05, 4.69) is 6.92 Å². The maximum Gasteiger partial charge on any atom is 0.315 e. The van der Waals surface area contributed by atoms with Gasteiger partial charge in [-0.2, -0.15) is 0 Å². The van der Waals surface area contributed by atoms with Gasteiger partial charge in [-0.1, -0.05) is 56.5 Å². The molecule has 1 aromatic carbocycles. The van der Waals surface area contributed by atoms with Gasteiger partial charge in [0.1, 0.15) is 5.69 Å². The Labute approximate surface area is 165 Å². The lowest BCUT2D eigenvalue weighted by Crippen LogP contribution is -2.14. The number of hydrogen-bond donors (Lipinski definition) is 0. The summed E-state index contributed by atoms with van der Waals surface area (Å²) in [6, 6.07) is 11.3. The maximum atomic E-state index is 13.0. The topological polar surface area (TPSA) is 48.3 Å². The number of ketones is 1. The van der Waals surface area contributed by atoms with E-state index in [4.69, 9.17) is 4.74 Å². The molecule has 2 heterocycles. The van der Waals surface area contributed by atoms with Gasteiger partial charge in [-0.05, 0) is 25.2 Å². The number of benzene rings is 1. The first-order valence-corrected chi connectivity index (χ1v) is 10.9. The molecule has 0 aliphatic carbocycles. The Morgan fingerprint density at radius 2 is 1.96 bits per heavy atom. The van der Waals surface area contributed by atoms with Crippen LogP contribution in [-0.4, -0.2) is 29.2 Å². The Hall–Kier alpha value is -2.01. The highest BCUT2D eigenvalue weighted by Crippen LogP contribution is 2.37. The SMILES string of the molecule is CCCCCCOC(=O)C1CCn2c1cc(SC)c2C(=O)c1ccccc1. The number of unbranched alkanes of at least 4 members (excludes halogenated alkanes) is 3. The molecule has 0 amide bonds. The van der Waals surface area contributed by atoms with Crippen LogP contribution in [0.5, 0.6) is 0 Å². The molecule has 0 saturated carbocycles. The van der Waals surface area contributed by atoms with E-state index in [1.807, 2.05) is 47.2 Å². The van der Waals surface area contributed by atoms with Gasteiger partial charge in [0, 0.05) is 22.7 Å². The minimum absolute atomic E-state index is 0.0137. The first kappa shape index (κ1) is 19.7. The van der Waals surface area contributed by atoms with Crippen molar-refractivity contribution in [3.05, 3.63) is 53.3 Å². The number of esters is 1. The predicted molar refractivity (Wildman–Crippen MR) is 109 cm³/mol. The molecule has 5 heteroatoms. The summed E-state index contributed by atoms with van der Waals surface area (Å²) < 4.78 is 7.53. The number of rotatable bonds is 9. The van der Waals surface area contributed by atoms with Gasteiger partial charge in [0.2, 0.25) is 5.78 Å². The summed E-state index contributed by atoms with van der Waals surface area (Å²) in [6.45, 7) is 3.33. The van der Waals surface area contributed by atoms with E-state index in [-0.39, 0.29) is 17.7 Å². The van der Waals surface area contributed by atoms with Crippen LogP contribution in [0.25, 0.3) is 0 Å². The molecule has 0 spiro atoms. The fraction of sp³-hybridized carbons (Fsp3) is 0.455. The molecular weight excluding hydrogens is 358 g/mol. The second-order valence-corrected chi connectivity index (χ2v) is 7.75. The molecule has 0 saturated heterocycles. The minimum Gasteiger partial charge on any atom is -0.465 e. The van der Waals surface area contributed by atoms with E-state index in [0.717, 1.165) is 23.4 Å². The average molecular weight is 386 g/mol. The van der Waals surface area contributed by atoms with Crippen LogP contribution in [0.2, 0.25) is 0 Å². The van der Waals surface area contributed by atoms with Crippen LogP contribution in [-0.2, 0) is 16.1 Å². The Morgan fingerprint density at radius 3 is 2.67 bits per heavy atom. The summed E-state index contributed by atoms with van der Waals surface area (Å²) in [7, 11) is 0. The summed E-state index contributed by atoms with van der Waals surface area (Å²) in [6.07, 6.45) is 7.02. The molecule has 1 aliphatic heterocycles. The summed E-state index contributed by atoms with van der Waals surface area (Å²) in [5, 5.41) is 0. The van der Waals surface area contributed by atoms with Crippen molar-refractivity contribution >= 4 is 23.5 Å². The molecule has 2 aromatic rings. The number of ether oxygens (including phenoxy) is 1. The van der Waals surface area contributed by atoms with Crippen LogP contribution in [0.4, 0.5) is 0 Å². The molecule has 3 rings (SSSR count).